The highest BCUT2D eigenvalue weighted by molar-refractivity contribution is 5.80. The molecule has 0 saturated carbocycles. The van der Waals surface area contributed by atoms with Gasteiger partial charge in [0.05, 0.1) is 19.0 Å². The number of imidazole rings is 1. The first-order valence-corrected chi connectivity index (χ1v) is 10.3. The van der Waals surface area contributed by atoms with E-state index in [1.165, 1.54) is 0 Å². The van der Waals surface area contributed by atoms with Crippen molar-refractivity contribution in [3.8, 4) is 0 Å². The summed E-state index contributed by atoms with van der Waals surface area (Å²) in [4.78, 5) is 22.8. The quantitative estimate of drug-likeness (QED) is 0.550. The SMILES string of the molecule is CCOC(=O)NC(CNC(=NC)N1CCC(C)C(n2ccnc2)C1)CC(C)C. The predicted molar refractivity (Wildman–Crippen MR) is 111 cm³/mol. The number of carbonyl (C=O) groups excluding carboxylic acids is 1. The maximum absolute atomic E-state index is 11.9. The van der Waals surface area contributed by atoms with Gasteiger partial charge in [0.15, 0.2) is 5.96 Å². The highest BCUT2D eigenvalue weighted by Gasteiger charge is 2.29. The molecule has 0 radical (unpaired) electrons. The van der Waals surface area contributed by atoms with Crippen LogP contribution in [0.5, 0.6) is 0 Å². The number of ether oxygens (including phenoxy) is 1. The van der Waals surface area contributed by atoms with Crippen LogP contribution < -0.4 is 10.6 Å². The molecule has 8 heteroatoms. The molecule has 1 fully saturated rings. The fourth-order valence-electron chi connectivity index (χ4n) is 3.74. The second kappa shape index (κ2) is 10.9. The smallest absolute Gasteiger partial charge is 0.407 e. The van der Waals surface area contributed by atoms with E-state index in [0.717, 1.165) is 31.9 Å². The maximum atomic E-state index is 11.9. The first-order chi connectivity index (χ1) is 13.4. The lowest BCUT2D eigenvalue weighted by Crippen LogP contribution is -2.52. The summed E-state index contributed by atoms with van der Waals surface area (Å²) in [6, 6.07) is 0.364. The fourth-order valence-corrected chi connectivity index (χ4v) is 3.74. The van der Waals surface area contributed by atoms with Gasteiger partial charge in [0, 0.05) is 45.1 Å². The number of aromatic nitrogens is 2. The minimum Gasteiger partial charge on any atom is -0.450 e. The molecule has 1 aromatic rings. The number of carbonyl (C=O) groups is 1. The molecule has 1 aliphatic heterocycles. The summed E-state index contributed by atoms with van der Waals surface area (Å²) >= 11 is 0. The number of nitrogens with one attached hydrogen (secondary N) is 2. The van der Waals surface area contributed by atoms with Gasteiger partial charge in [0.1, 0.15) is 0 Å². The van der Waals surface area contributed by atoms with E-state index in [1.807, 2.05) is 32.7 Å². The van der Waals surface area contributed by atoms with Gasteiger partial charge in [-0.3, -0.25) is 4.99 Å². The van der Waals surface area contributed by atoms with Gasteiger partial charge < -0.3 is 24.8 Å². The predicted octanol–water partition coefficient (Wildman–Crippen LogP) is 2.50. The Morgan fingerprint density at radius 1 is 1.43 bits per heavy atom. The van der Waals surface area contributed by atoms with Crippen molar-refractivity contribution in [3.63, 3.8) is 0 Å². The highest BCUT2D eigenvalue weighted by atomic mass is 16.5. The molecule has 3 atom stereocenters. The second-order valence-corrected chi connectivity index (χ2v) is 7.91. The third kappa shape index (κ3) is 6.42. The fraction of sp³-hybridized carbons (Fsp3) is 0.750. The van der Waals surface area contributed by atoms with Gasteiger partial charge in [-0.25, -0.2) is 9.78 Å². The van der Waals surface area contributed by atoms with E-state index < -0.39 is 0 Å². The molecular weight excluding hydrogens is 356 g/mol. The molecule has 1 aromatic heterocycles. The van der Waals surface area contributed by atoms with Crippen molar-refractivity contribution in [2.24, 2.45) is 16.8 Å². The number of nitrogens with zero attached hydrogens (tertiary/aromatic N) is 4. The first-order valence-electron chi connectivity index (χ1n) is 10.3. The molecule has 158 valence electrons. The van der Waals surface area contributed by atoms with E-state index in [9.17, 15) is 4.79 Å². The second-order valence-electron chi connectivity index (χ2n) is 7.91. The van der Waals surface area contributed by atoms with Gasteiger partial charge in [-0.05, 0) is 31.6 Å². The van der Waals surface area contributed by atoms with Crippen LogP contribution >= 0.6 is 0 Å². The van der Waals surface area contributed by atoms with E-state index in [1.54, 1.807) is 0 Å². The molecule has 0 aromatic carbocycles. The van der Waals surface area contributed by atoms with Crippen LogP contribution in [0.1, 0.15) is 46.6 Å². The molecule has 2 heterocycles. The van der Waals surface area contributed by atoms with E-state index in [0.29, 0.717) is 31.0 Å². The minimum absolute atomic E-state index is 0.0102. The zero-order chi connectivity index (χ0) is 20.5. The number of rotatable bonds is 7. The topological polar surface area (TPSA) is 83.8 Å². The average Bonchev–Trinajstić information content (AvgIpc) is 3.17. The van der Waals surface area contributed by atoms with Gasteiger partial charge in [-0.15, -0.1) is 0 Å². The summed E-state index contributed by atoms with van der Waals surface area (Å²) in [5.41, 5.74) is 0. The van der Waals surface area contributed by atoms with Crippen molar-refractivity contribution < 1.29 is 9.53 Å². The van der Waals surface area contributed by atoms with Crippen LogP contribution in [-0.2, 0) is 4.74 Å². The van der Waals surface area contributed by atoms with Crippen LogP contribution in [-0.4, -0.2) is 65.8 Å². The van der Waals surface area contributed by atoms with Gasteiger partial charge in [-0.1, -0.05) is 20.8 Å². The Morgan fingerprint density at radius 3 is 2.82 bits per heavy atom. The molecule has 2 N–H and O–H groups in total. The van der Waals surface area contributed by atoms with E-state index in [4.69, 9.17) is 4.74 Å². The van der Waals surface area contributed by atoms with Gasteiger partial charge in [0.2, 0.25) is 0 Å². The minimum atomic E-state index is -0.364. The molecular formula is C20H36N6O2. The maximum Gasteiger partial charge on any atom is 0.407 e. The van der Waals surface area contributed by atoms with Gasteiger partial charge in [0.25, 0.3) is 0 Å². The molecule has 0 aliphatic carbocycles. The monoisotopic (exact) mass is 392 g/mol. The number of guanidine groups is 1. The summed E-state index contributed by atoms with van der Waals surface area (Å²) in [5, 5.41) is 6.41. The van der Waals surface area contributed by atoms with Crippen LogP contribution in [0.15, 0.2) is 23.7 Å². The zero-order valence-corrected chi connectivity index (χ0v) is 17.9. The largest absolute Gasteiger partial charge is 0.450 e. The Morgan fingerprint density at radius 2 is 2.21 bits per heavy atom. The highest BCUT2D eigenvalue weighted by Crippen LogP contribution is 2.27. The van der Waals surface area contributed by atoms with E-state index in [-0.39, 0.29) is 12.1 Å². The Kier molecular flexibility index (Phi) is 8.60. The lowest BCUT2D eigenvalue weighted by molar-refractivity contribution is 0.146. The summed E-state index contributed by atoms with van der Waals surface area (Å²) in [7, 11) is 1.81. The number of hydrogen-bond acceptors (Lipinski definition) is 4. The molecule has 28 heavy (non-hydrogen) atoms. The molecule has 3 unspecified atom stereocenters. The molecule has 1 amide bonds. The Hall–Kier alpha value is -2.25. The van der Waals surface area contributed by atoms with Crippen molar-refractivity contribution in [2.75, 3.05) is 33.3 Å². The summed E-state index contributed by atoms with van der Waals surface area (Å²) in [6.45, 7) is 11.2. The summed E-state index contributed by atoms with van der Waals surface area (Å²) in [6.07, 6.45) is 7.36. The van der Waals surface area contributed by atoms with Crippen molar-refractivity contribution in [1.82, 2.24) is 25.1 Å². The number of amides is 1. The van der Waals surface area contributed by atoms with Crippen molar-refractivity contribution in [2.45, 2.75) is 52.6 Å². The van der Waals surface area contributed by atoms with Crippen LogP contribution in [0, 0.1) is 11.8 Å². The Balaban J connectivity index is 1.96. The molecule has 0 spiro atoms. The number of likely N-dealkylation sites (tertiary alicyclic amines) is 1. The normalized spacial score (nSPS) is 21.5. The third-order valence-electron chi connectivity index (χ3n) is 5.20. The number of hydrogen-bond donors (Lipinski definition) is 2. The molecule has 0 bridgehead atoms. The van der Waals surface area contributed by atoms with Crippen LogP contribution in [0.25, 0.3) is 0 Å². The first kappa shape index (κ1) is 22.0. The van der Waals surface area contributed by atoms with Gasteiger partial charge in [-0.2, -0.15) is 0 Å². The van der Waals surface area contributed by atoms with Gasteiger partial charge >= 0.3 is 6.09 Å². The molecule has 1 aliphatic rings. The average molecular weight is 393 g/mol. The summed E-state index contributed by atoms with van der Waals surface area (Å²) in [5.74, 6) is 1.93. The van der Waals surface area contributed by atoms with Crippen molar-refractivity contribution >= 4 is 12.1 Å². The van der Waals surface area contributed by atoms with Crippen LogP contribution in [0.3, 0.4) is 0 Å². The molecule has 2 rings (SSSR count). The summed E-state index contributed by atoms with van der Waals surface area (Å²) < 4.78 is 7.23. The molecule has 8 nitrogen and oxygen atoms in total. The van der Waals surface area contributed by atoms with Crippen molar-refractivity contribution in [1.29, 1.82) is 0 Å². The number of aliphatic imine (C=N–C) groups is 1. The standard InChI is InChI=1S/C20H36N6O2/c1-6-28-20(27)24-17(11-15(2)3)12-23-19(21-5)25-9-7-16(4)18(13-25)26-10-8-22-14-26/h8,10,14-18H,6-7,9,11-13H2,1-5H3,(H,21,23)(H,24,27). The third-order valence-corrected chi connectivity index (χ3v) is 5.20. The zero-order valence-electron chi connectivity index (χ0n) is 17.9. The molecule has 1 saturated heterocycles. The Bertz CT molecular complexity index is 616. The van der Waals surface area contributed by atoms with E-state index in [2.05, 4.69) is 50.8 Å². The van der Waals surface area contributed by atoms with Crippen molar-refractivity contribution in [3.05, 3.63) is 18.7 Å². The lowest BCUT2D eigenvalue weighted by atomic mass is 9.93. The Labute approximate surface area is 168 Å². The van der Waals surface area contributed by atoms with Crippen LogP contribution in [0.4, 0.5) is 4.79 Å². The van der Waals surface area contributed by atoms with Crippen LogP contribution in [0.2, 0.25) is 0 Å². The number of alkyl carbamates (subject to hydrolysis) is 1. The number of piperidine rings is 1. The lowest BCUT2D eigenvalue weighted by Gasteiger charge is -2.39. The van der Waals surface area contributed by atoms with E-state index >= 15 is 0 Å².